The van der Waals surface area contributed by atoms with E-state index in [0.29, 0.717) is 32.3 Å². The van der Waals surface area contributed by atoms with Gasteiger partial charge < -0.3 is 19.7 Å². The Labute approximate surface area is 128 Å². The molecule has 1 saturated carbocycles. The highest BCUT2D eigenvalue weighted by molar-refractivity contribution is 6.03. The van der Waals surface area contributed by atoms with Gasteiger partial charge in [-0.3, -0.25) is 14.4 Å². The van der Waals surface area contributed by atoms with Crippen LogP contribution >= 0.6 is 0 Å². The van der Waals surface area contributed by atoms with E-state index in [9.17, 15) is 24.6 Å². The Bertz CT molecular complexity index is 432. The van der Waals surface area contributed by atoms with Gasteiger partial charge in [0.05, 0.1) is 25.4 Å². The van der Waals surface area contributed by atoms with Gasteiger partial charge in [0.2, 0.25) is 0 Å². The molecule has 7 nitrogen and oxygen atoms in total. The van der Waals surface area contributed by atoms with Crippen molar-refractivity contribution in [1.82, 2.24) is 0 Å². The molecule has 1 aliphatic carbocycles. The topological polar surface area (TPSA) is 110 Å². The molecule has 22 heavy (non-hydrogen) atoms. The minimum Gasteiger partial charge on any atom is -0.502 e. The first-order valence-corrected chi connectivity index (χ1v) is 7.32. The molecule has 2 N–H and O–H groups in total. The lowest BCUT2D eigenvalue weighted by Crippen LogP contribution is -2.51. The lowest BCUT2D eigenvalue weighted by Gasteiger charge is -2.36. The normalized spacial score (nSPS) is 24.3. The van der Waals surface area contributed by atoms with E-state index in [0.717, 1.165) is 0 Å². The van der Waals surface area contributed by atoms with Crippen molar-refractivity contribution in [3.8, 4) is 0 Å². The first-order chi connectivity index (χ1) is 10.5. The summed E-state index contributed by atoms with van der Waals surface area (Å²) in [6.07, 6.45) is 3.71. The van der Waals surface area contributed by atoms with E-state index in [4.69, 9.17) is 9.47 Å². The molecule has 0 aromatic rings. The van der Waals surface area contributed by atoms with Gasteiger partial charge >= 0.3 is 17.9 Å². The van der Waals surface area contributed by atoms with Crippen molar-refractivity contribution in [2.75, 3.05) is 13.2 Å². The molecule has 0 bridgehead atoms. The lowest BCUT2D eigenvalue weighted by atomic mass is 9.66. The van der Waals surface area contributed by atoms with E-state index < -0.39 is 29.2 Å². The van der Waals surface area contributed by atoms with Crippen LogP contribution in [0.4, 0.5) is 0 Å². The summed E-state index contributed by atoms with van der Waals surface area (Å²) in [7, 11) is 0. The molecular formula is C15H22O7. The van der Waals surface area contributed by atoms with Gasteiger partial charge in [0.15, 0.2) is 5.41 Å². The third kappa shape index (κ3) is 3.99. The monoisotopic (exact) mass is 314 g/mol. The fourth-order valence-electron chi connectivity index (χ4n) is 2.76. The summed E-state index contributed by atoms with van der Waals surface area (Å²) >= 11 is 0. The lowest BCUT2D eigenvalue weighted by molar-refractivity contribution is -0.182. The van der Waals surface area contributed by atoms with Gasteiger partial charge in [0.1, 0.15) is 0 Å². The van der Waals surface area contributed by atoms with Gasteiger partial charge in [-0.2, -0.15) is 0 Å². The second kappa shape index (κ2) is 8.41. The van der Waals surface area contributed by atoms with Crippen LogP contribution in [0.25, 0.3) is 0 Å². The fraction of sp³-hybridized carbons (Fsp3) is 0.667. The highest BCUT2D eigenvalue weighted by Gasteiger charge is 2.57. The molecule has 0 aromatic heterocycles. The SMILES string of the molecule is C=COCCCCOC(=O)C1(C(=O)O)CCCCC1C(=O)O. The van der Waals surface area contributed by atoms with Crippen molar-refractivity contribution in [3.63, 3.8) is 0 Å². The highest BCUT2D eigenvalue weighted by Crippen LogP contribution is 2.43. The third-order valence-corrected chi connectivity index (χ3v) is 3.96. The van der Waals surface area contributed by atoms with E-state index in [2.05, 4.69) is 6.58 Å². The fourth-order valence-corrected chi connectivity index (χ4v) is 2.76. The Morgan fingerprint density at radius 1 is 1.18 bits per heavy atom. The summed E-state index contributed by atoms with van der Waals surface area (Å²) in [4.78, 5) is 35.2. The van der Waals surface area contributed by atoms with Crippen molar-refractivity contribution < 1.29 is 34.1 Å². The molecule has 0 aromatic carbocycles. The van der Waals surface area contributed by atoms with Crippen LogP contribution in [-0.2, 0) is 23.9 Å². The van der Waals surface area contributed by atoms with E-state index in [-0.39, 0.29) is 19.4 Å². The van der Waals surface area contributed by atoms with Gasteiger partial charge in [-0.25, -0.2) is 0 Å². The minimum absolute atomic E-state index is 0.00227. The molecule has 2 unspecified atom stereocenters. The maximum atomic E-state index is 12.3. The number of carbonyl (C=O) groups excluding carboxylic acids is 1. The standard InChI is InChI=1S/C15H22O7/c1-2-21-9-5-6-10-22-14(20)15(13(18)19)8-4-3-7-11(15)12(16)17/h2,11H,1,3-10H2,(H,16,17)(H,18,19). The largest absolute Gasteiger partial charge is 0.502 e. The molecule has 0 heterocycles. The van der Waals surface area contributed by atoms with E-state index in [1.165, 1.54) is 6.26 Å². The number of carboxylic acids is 2. The second-order valence-electron chi connectivity index (χ2n) is 5.29. The molecule has 0 spiro atoms. The third-order valence-electron chi connectivity index (χ3n) is 3.96. The van der Waals surface area contributed by atoms with Crippen molar-refractivity contribution in [1.29, 1.82) is 0 Å². The number of ether oxygens (including phenoxy) is 2. The van der Waals surface area contributed by atoms with E-state index in [1.54, 1.807) is 0 Å². The number of rotatable bonds is 9. The molecule has 0 aliphatic heterocycles. The number of esters is 1. The molecule has 0 radical (unpaired) electrons. The van der Waals surface area contributed by atoms with Crippen LogP contribution in [-0.4, -0.2) is 41.3 Å². The van der Waals surface area contributed by atoms with Crippen LogP contribution in [0.3, 0.4) is 0 Å². The van der Waals surface area contributed by atoms with Gasteiger partial charge in [-0.15, -0.1) is 0 Å². The van der Waals surface area contributed by atoms with Gasteiger partial charge in [-0.05, 0) is 25.7 Å². The van der Waals surface area contributed by atoms with E-state index >= 15 is 0 Å². The molecule has 1 rings (SSSR count). The molecule has 1 aliphatic rings. The van der Waals surface area contributed by atoms with Gasteiger partial charge in [0, 0.05) is 0 Å². The molecule has 7 heteroatoms. The maximum Gasteiger partial charge on any atom is 0.324 e. The summed E-state index contributed by atoms with van der Waals surface area (Å²) in [6.45, 7) is 3.87. The van der Waals surface area contributed by atoms with E-state index in [1.807, 2.05) is 0 Å². The average molecular weight is 314 g/mol. The van der Waals surface area contributed by atoms with Crippen LogP contribution in [0.5, 0.6) is 0 Å². The predicted molar refractivity (Wildman–Crippen MR) is 76.0 cm³/mol. The Morgan fingerprint density at radius 2 is 1.86 bits per heavy atom. The van der Waals surface area contributed by atoms with Crippen LogP contribution in [0.15, 0.2) is 12.8 Å². The van der Waals surface area contributed by atoms with Gasteiger partial charge in [-0.1, -0.05) is 19.4 Å². The predicted octanol–water partition coefficient (Wildman–Crippen LogP) is 1.82. The van der Waals surface area contributed by atoms with Crippen molar-refractivity contribution in [3.05, 3.63) is 12.8 Å². The molecule has 124 valence electrons. The van der Waals surface area contributed by atoms with Crippen molar-refractivity contribution in [2.24, 2.45) is 11.3 Å². The number of hydrogen-bond acceptors (Lipinski definition) is 5. The molecular weight excluding hydrogens is 292 g/mol. The highest BCUT2D eigenvalue weighted by atomic mass is 16.5. The minimum atomic E-state index is -1.97. The zero-order chi connectivity index (χ0) is 16.6. The number of aliphatic carboxylic acids is 2. The maximum absolute atomic E-state index is 12.3. The zero-order valence-corrected chi connectivity index (χ0v) is 12.5. The summed E-state index contributed by atoms with van der Waals surface area (Å²) < 4.78 is 9.96. The number of carbonyl (C=O) groups is 3. The Kier molecular flexibility index (Phi) is 6.88. The smallest absolute Gasteiger partial charge is 0.324 e. The quantitative estimate of drug-likeness (QED) is 0.289. The zero-order valence-electron chi connectivity index (χ0n) is 12.5. The van der Waals surface area contributed by atoms with Crippen LogP contribution < -0.4 is 0 Å². The second-order valence-corrected chi connectivity index (χ2v) is 5.29. The molecule has 0 amide bonds. The van der Waals surface area contributed by atoms with Crippen molar-refractivity contribution >= 4 is 17.9 Å². The summed E-state index contributed by atoms with van der Waals surface area (Å²) in [6, 6.07) is 0. The number of carboxylic acid groups (broad SMARTS) is 2. The molecule has 2 atom stereocenters. The van der Waals surface area contributed by atoms with Crippen LogP contribution in [0.2, 0.25) is 0 Å². The summed E-state index contributed by atoms with van der Waals surface area (Å²) in [5.41, 5.74) is -1.97. The average Bonchev–Trinajstić information content (AvgIpc) is 2.49. The first-order valence-electron chi connectivity index (χ1n) is 7.32. The Hall–Kier alpha value is -2.05. The summed E-state index contributed by atoms with van der Waals surface area (Å²) in [5, 5.41) is 18.7. The summed E-state index contributed by atoms with van der Waals surface area (Å²) in [5.74, 6) is -4.87. The number of unbranched alkanes of at least 4 members (excludes halogenated alkanes) is 1. The Balaban J connectivity index is 2.68. The molecule has 0 saturated heterocycles. The van der Waals surface area contributed by atoms with Gasteiger partial charge in [0.25, 0.3) is 0 Å². The van der Waals surface area contributed by atoms with Crippen LogP contribution in [0, 0.1) is 11.3 Å². The molecule has 1 fully saturated rings. The first kappa shape index (κ1) is 18.0. The van der Waals surface area contributed by atoms with Crippen LogP contribution in [0.1, 0.15) is 38.5 Å². The Morgan fingerprint density at radius 3 is 2.45 bits per heavy atom. The number of hydrogen-bond donors (Lipinski definition) is 2. The van der Waals surface area contributed by atoms with Crippen molar-refractivity contribution in [2.45, 2.75) is 38.5 Å².